The Morgan fingerprint density at radius 2 is 1.90 bits per heavy atom. The molecule has 1 aromatic carbocycles. The minimum Gasteiger partial charge on any atom is -0.454 e. The molecule has 0 radical (unpaired) electrons. The van der Waals surface area contributed by atoms with E-state index >= 15 is 0 Å². The van der Waals surface area contributed by atoms with Crippen molar-refractivity contribution < 1.29 is 17.9 Å². The van der Waals surface area contributed by atoms with Crippen LogP contribution in [0.1, 0.15) is 4.88 Å². The fraction of sp³-hybridized carbons (Fsp3) is 0.231. The molecule has 0 bridgehead atoms. The van der Waals surface area contributed by atoms with Crippen molar-refractivity contribution in [3.8, 4) is 11.5 Å². The van der Waals surface area contributed by atoms with E-state index in [1.54, 1.807) is 30.3 Å². The summed E-state index contributed by atoms with van der Waals surface area (Å²) in [6, 6.07) is 8.50. The molecule has 0 atom stereocenters. The zero-order chi connectivity index (χ0) is 14.3. The maximum atomic E-state index is 12.5. The molecule has 0 spiro atoms. The van der Waals surface area contributed by atoms with E-state index in [2.05, 4.69) is 0 Å². The van der Waals surface area contributed by atoms with E-state index in [4.69, 9.17) is 9.47 Å². The van der Waals surface area contributed by atoms with Crippen LogP contribution in [0.4, 0.5) is 5.69 Å². The van der Waals surface area contributed by atoms with Gasteiger partial charge >= 0.3 is 0 Å². The number of sulfonamides is 1. The Labute approximate surface area is 121 Å². The molecule has 7 heteroatoms. The van der Waals surface area contributed by atoms with Crippen LogP contribution in [0.3, 0.4) is 0 Å². The second kappa shape index (κ2) is 4.68. The summed E-state index contributed by atoms with van der Waals surface area (Å²) in [5.74, 6) is 1.19. The van der Waals surface area contributed by atoms with Crippen LogP contribution < -0.4 is 13.8 Å². The molecule has 0 aliphatic carbocycles. The van der Waals surface area contributed by atoms with Gasteiger partial charge in [0, 0.05) is 18.0 Å². The van der Waals surface area contributed by atoms with Crippen LogP contribution in [0.5, 0.6) is 11.5 Å². The first-order valence-electron chi connectivity index (χ1n) is 5.93. The highest BCUT2D eigenvalue weighted by Crippen LogP contribution is 2.37. The first kappa shape index (κ1) is 13.3. The normalized spacial score (nSPS) is 13.5. The van der Waals surface area contributed by atoms with Crippen LogP contribution in [0.25, 0.3) is 0 Å². The van der Waals surface area contributed by atoms with Crippen molar-refractivity contribution in [1.29, 1.82) is 0 Å². The number of thiophene rings is 1. The number of aryl methyl sites for hydroxylation is 1. The average molecular weight is 311 g/mol. The zero-order valence-electron chi connectivity index (χ0n) is 11.0. The molecule has 0 unspecified atom stereocenters. The molecule has 5 nitrogen and oxygen atoms in total. The van der Waals surface area contributed by atoms with Gasteiger partial charge in [0.2, 0.25) is 6.79 Å². The van der Waals surface area contributed by atoms with Gasteiger partial charge in [-0.1, -0.05) is 0 Å². The van der Waals surface area contributed by atoms with Gasteiger partial charge in [-0.2, -0.15) is 0 Å². The Morgan fingerprint density at radius 3 is 2.60 bits per heavy atom. The summed E-state index contributed by atoms with van der Waals surface area (Å²) in [7, 11) is -2.00. The van der Waals surface area contributed by atoms with Crippen molar-refractivity contribution in [3.05, 3.63) is 35.2 Å². The van der Waals surface area contributed by atoms with E-state index in [1.807, 2.05) is 6.92 Å². The second-order valence-corrected chi connectivity index (χ2v) is 7.86. The van der Waals surface area contributed by atoms with E-state index in [-0.39, 0.29) is 6.79 Å². The maximum Gasteiger partial charge on any atom is 0.273 e. The van der Waals surface area contributed by atoms with Gasteiger partial charge < -0.3 is 9.47 Å². The quantitative estimate of drug-likeness (QED) is 0.874. The Balaban J connectivity index is 1.98. The standard InChI is InChI=1S/C13H13NO4S2/c1-9-3-6-13(19-9)20(15,16)14(2)10-4-5-11-12(7-10)18-8-17-11/h3-7H,8H2,1-2H3. The van der Waals surface area contributed by atoms with Crippen LogP contribution in [0.15, 0.2) is 34.5 Å². The minimum atomic E-state index is -3.53. The molecular weight excluding hydrogens is 298 g/mol. The first-order chi connectivity index (χ1) is 9.48. The van der Waals surface area contributed by atoms with Gasteiger partial charge in [-0.15, -0.1) is 11.3 Å². The molecule has 1 aliphatic heterocycles. The molecule has 2 aromatic rings. The highest BCUT2D eigenvalue weighted by Gasteiger charge is 2.24. The van der Waals surface area contributed by atoms with E-state index < -0.39 is 10.0 Å². The summed E-state index contributed by atoms with van der Waals surface area (Å²) in [6.07, 6.45) is 0. The summed E-state index contributed by atoms with van der Waals surface area (Å²) in [6.45, 7) is 2.05. The molecule has 0 amide bonds. The molecule has 0 saturated heterocycles. The maximum absolute atomic E-state index is 12.5. The van der Waals surface area contributed by atoms with E-state index in [1.165, 1.54) is 22.7 Å². The lowest BCUT2D eigenvalue weighted by atomic mass is 10.3. The van der Waals surface area contributed by atoms with E-state index in [0.29, 0.717) is 21.4 Å². The summed E-state index contributed by atoms with van der Waals surface area (Å²) < 4.78 is 37.1. The van der Waals surface area contributed by atoms with Gasteiger partial charge in [0.15, 0.2) is 11.5 Å². The van der Waals surface area contributed by atoms with Gasteiger partial charge in [0.05, 0.1) is 5.69 Å². The number of rotatable bonds is 3. The van der Waals surface area contributed by atoms with Crippen molar-refractivity contribution in [3.63, 3.8) is 0 Å². The summed E-state index contributed by atoms with van der Waals surface area (Å²) in [5.41, 5.74) is 0.542. The fourth-order valence-corrected chi connectivity index (χ4v) is 4.55. The van der Waals surface area contributed by atoms with E-state index in [0.717, 1.165) is 4.88 Å². The lowest BCUT2D eigenvalue weighted by Crippen LogP contribution is -2.25. The lowest BCUT2D eigenvalue weighted by Gasteiger charge is -2.18. The molecular formula is C13H13NO4S2. The Hall–Kier alpha value is -1.73. The highest BCUT2D eigenvalue weighted by molar-refractivity contribution is 7.94. The lowest BCUT2D eigenvalue weighted by molar-refractivity contribution is 0.174. The number of hydrogen-bond donors (Lipinski definition) is 0. The molecule has 2 heterocycles. The Morgan fingerprint density at radius 1 is 1.15 bits per heavy atom. The predicted octanol–water partition coefficient (Wildman–Crippen LogP) is 2.61. The van der Waals surface area contributed by atoms with Gasteiger partial charge in [0.25, 0.3) is 10.0 Å². The highest BCUT2D eigenvalue weighted by atomic mass is 32.2. The monoisotopic (exact) mass is 311 g/mol. The van der Waals surface area contributed by atoms with Gasteiger partial charge in [-0.05, 0) is 31.2 Å². The largest absolute Gasteiger partial charge is 0.454 e. The average Bonchev–Trinajstić information content (AvgIpc) is 3.05. The van der Waals surface area contributed by atoms with Gasteiger partial charge in [-0.25, -0.2) is 8.42 Å². The number of hydrogen-bond acceptors (Lipinski definition) is 5. The first-order valence-corrected chi connectivity index (χ1v) is 8.19. The summed E-state index contributed by atoms with van der Waals surface area (Å²) in [5, 5.41) is 0. The molecule has 3 rings (SSSR count). The van der Waals surface area contributed by atoms with Crippen molar-refractivity contribution >= 4 is 27.0 Å². The van der Waals surface area contributed by atoms with E-state index in [9.17, 15) is 8.42 Å². The molecule has 0 fully saturated rings. The topological polar surface area (TPSA) is 55.8 Å². The predicted molar refractivity (Wildman–Crippen MR) is 77.2 cm³/mol. The summed E-state index contributed by atoms with van der Waals surface area (Å²) in [4.78, 5) is 0.961. The van der Waals surface area contributed by atoms with Gasteiger partial charge in [-0.3, -0.25) is 4.31 Å². The fourth-order valence-electron chi connectivity index (χ4n) is 1.91. The number of anilines is 1. The molecule has 20 heavy (non-hydrogen) atoms. The van der Waals surface area contributed by atoms with Crippen LogP contribution in [-0.2, 0) is 10.0 Å². The Bertz CT molecular complexity index is 751. The van der Waals surface area contributed by atoms with Crippen molar-refractivity contribution in [2.75, 3.05) is 18.1 Å². The number of nitrogens with zero attached hydrogens (tertiary/aromatic N) is 1. The zero-order valence-corrected chi connectivity index (χ0v) is 12.6. The summed E-state index contributed by atoms with van der Waals surface area (Å²) >= 11 is 1.26. The molecule has 1 aliphatic rings. The molecule has 0 N–H and O–H groups in total. The molecule has 1 aromatic heterocycles. The third-order valence-electron chi connectivity index (χ3n) is 3.05. The van der Waals surface area contributed by atoms with Crippen LogP contribution >= 0.6 is 11.3 Å². The molecule has 0 saturated carbocycles. The van der Waals surface area contributed by atoms with Crippen LogP contribution in [0, 0.1) is 6.92 Å². The van der Waals surface area contributed by atoms with Crippen molar-refractivity contribution in [1.82, 2.24) is 0 Å². The number of benzene rings is 1. The SMILES string of the molecule is Cc1ccc(S(=O)(=O)N(C)c2ccc3c(c2)OCO3)s1. The third-order valence-corrected chi connectivity index (χ3v) is 6.30. The smallest absolute Gasteiger partial charge is 0.273 e. The van der Waals surface area contributed by atoms with Crippen molar-refractivity contribution in [2.45, 2.75) is 11.1 Å². The number of fused-ring (bicyclic) bond motifs is 1. The molecule has 106 valence electrons. The third kappa shape index (κ3) is 2.12. The van der Waals surface area contributed by atoms with Crippen molar-refractivity contribution in [2.24, 2.45) is 0 Å². The van der Waals surface area contributed by atoms with Crippen LogP contribution in [0.2, 0.25) is 0 Å². The van der Waals surface area contributed by atoms with Crippen LogP contribution in [-0.4, -0.2) is 22.3 Å². The Kier molecular flexibility index (Phi) is 3.10. The minimum absolute atomic E-state index is 0.166. The van der Waals surface area contributed by atoms with Gasteiger partial charge in [0.1, 0.15) is 4.21 Å². The number of ether oxygens (including phenoxy) is 2. The second-order valence-electron chi connectivity index (χ2n) is 4.38.